The van der Waals surface area contributed by atoms with Gasteiger partial charge in [-0.15, -0.1) is 21.5 Å². The maximum absolute atomic E-state index is 11.8. The van der Waals surface area contributed by atoms with Gasteiger partial charge in [0.1, 0.15) is 6.54 Å². The fourth-order valence-electron chi connectivity index (χ4n) is 2.34. The second-order valence-electron chi connectivity index (χ2n) is 4.95. The number of benzene rings is 1. The van der Waals surface area contributed by atoms with E-state index in [4.69, 9.17) is 16.0 Å². The summed E-state index contributed by atoms with van der Waals surface area (Å²) in [6.07, 6.45) is 1.74. The van der Waals surface area contributed by atoms with Crippen LogP contribution in [-0.4, -0.2) is 14.8 Å². The lowest BCUT2D eigenvalue weighted by Gasteiger charge is -2.04. The van der Waals surface area contributed by atoms with E-state index in [1.54, 1.807) is 24.4 Å². The Hall–Kier alpha value is -2.44. The second kappa shape index (κ2) is 5.64. The average Bonchev–Trinajstić information content (AvgIpc) is 3.21. The van der Waals surface area contributed by atoms with Gasteiger partial charge in [0.2, 0.25) is 11.8 Å². The first kappa shape index (κ1) is 14.2. The summed E-state index contributed by atoms with van der Waals surface area (Å²) in [6, 6.07) is 10.7. The van der Waals surface area contributed by atoms with Gasteiger partial charge < -0.3 is 8.98 Å². The standard InChI is InChI=1S/C16H10ClN3O2S/c17-11-3-1-10(2-4-11)16-19-18-14(22-16)9-20-7-5-13(21)15-12(20)6-8-23-15/h1-8H,9H2. The second-order valence-corrected chi connectivity index (χ2v) is 6.30. The minimum absolute atomic E-state index is 0.0265. The molecular weight excluding hydrogens is 334 g/mol. The van der Waals surface area contributed by atoms with Gasteiger partial charge >= 0.3 is 0 Å². The molecule has 1 aromatic carbocycles. The van der Waals surface area contributed by atoms with E-state index < -0.39 is 0 Å². The summed E-state index contributed by atoms with van der Waals surface area (Å²) in [5, 5.41) is 10.7. The normalized spacial score (nSPS) is 11.2. The summed E-state index contributed by atoms with van der Waals surface area (Å²) < 4.78 is 8.36. The van der Waals surface area contributed by atoms with E-state index in [0.717, 1.165) is 15.8 Å². The lowest BCUT2D eigenvalue weighted by atomic mass is 10.2. The fourth-order valence-corrected chi connectivity index (χ4v) is 3.29. The molecule has 7 heteroatoms. The summed E-state index contributed by atoms with van der Waals surface area (Å²) >= 11 is 7.30. The van der Waals surface area contributed by atoms with Crippen molar-refractivity contribution in [1.29, 1.82) is 0 Å². The van der Waals surface area contributed by atoms with E-state index in [2.05, 4.69) is 10.2 Å². The molecular formula is C16H10ClN3O2S. The number of hydrogen-bond donors (Lipinski definition) is 0. The number of halogens is 1. The predicted octanol–water partition coefficient (Wildman–Crippen LogP) is 3.81. The van der Waals surface area contributed by atoms with Gasteiger partial charge in [-0.05, 0) is 35.7 Å². The van der Waals surface area contributed by atoms with Crippen molar-refractivity contribution in [3.8, 4) is 11.5 Å². The topological polar surface area (TPSA) is 60.9 Å². The Kier molecular flexibility index (Phi) is 3.48. The van der Waals surface area contributed by atoms with Gasteiger partial charge in [0, 0.05) is 22.8 Å². The molecule has 0 amide bonds. The van der Waals surface area contributed by atoms with Crippen LogP contribution in [0.4, 0.5) is 0 Å². The zero-order valence-corrected chi connectivity index (χ0v) is 13.3. The molecule has 0 aliphatic heterocycles. The Morgan fingerprint density at radius 1 is 1.13 bits per heavy atom. The van der Waals surface area contributed by atoms with Gasteiger partial charge in [-0.25, -0.2) is 0 Å². The zero-order chi connectivity index (χ0) is 15.8. The van der Waals surface area contributed by atoms with Gasteiger partial charge in [-0.3, -0.25) is 4.79 Å². The molecule has 0 saturated carbocycles. The zero-order valence-electron chi connectivity index (χ0n) is 11.8. The van der Waals surface area contributed by atoms with Crippen LogP contribution in [0.25, 0.3) is 21.7 Å². The van der Waals surface area contributed by atoms with Crippen molar-refractivity contribution in [2.75, 3.05) is 0 Å². The molecule has 0 fully saturated rings. The van der Waals surface area contributed by atoms with Crippen LogP contribution >= 0.6 is 22.9 Å². The molecule has 0 aliphatic carbocycles. The molecule has 0 bridgehead atoms. The van der Waals surface area contributed by atoms with Crippen LogP contribution in [0.3, 0.4) is 0 Å². The third kappa shape index (κ3) is 2.67. The molecule has 5 nitrogen and oxygen atoms in total. The maximum Gasteiger partial charge on any atom is 0.247 e. The summed E-state index contributed by atoms with van der Waals surface area (Å²) in [5.41, 5.74) is 1.71. The molecule has 0 saturated heterocycles. The van der Waals surface area contributed by atoms with E-state index in [9.17, 15) is 4.79 Å². The molecule has 0 spiro atoms. The third-order valence-electron chi connectivity index (χ3n) is 3.45. The number of hydrogen-bond acceptors (Lipinski definition) is 5. The largest absolute Gasteiger partial charge is 0.419 e. The number of aromatic nitrogens is 3. The van der Waals surface area contributed by atoms with Crippen molar-refractivity contribution in [1.82, 2.24) is 14.8 Å². The first-order chi connectivity index (χ1) is 11.2. The molecule has 3 aromatic heterocycles. The molecule has 4 rings (SSSR count). The average molecular weight is 344 g/mol. The lowest BCUT2D eigenvalue weighted by molar-refractivity contribution is 0.491. The Morgan fingerprint density at radius 2 is 1.96 bits per heavy atom. The van der Waals surface area contributed by atoms with E-state index in [1.165, 1.54) is 11.3 Å². The van der Waals surface area contributed by atoms with Crippen molar-refractivity contribution in [2.24, 2.45) is 0 Å². The molecule has 0 atom stereocenters. The van der Waals surface area contributed by atoms with Crippen LogP contribution in [0.15, 0.2) is 57.2 Å². The fraction of sp³-hybridized carbons (Fsp3) is 0.0625. The van der Waals surface area contributed by atoms with Gasteiger partial charge in [-0.1, -0.05) is 11.6 Å². The van der Waals surface area contributed by atoms with Crippen LogP contribution in [0.1, 0.15) is 5.89 Å². The van der Waals surface area contributed by atoms with Crippen LogP contribution < -0.4 is 5.43 Å². The highest BCUT2D eigenvalue weighted by atomic mass is 35.5. The van der Waals surface area contributed by atoms with Crippen LogP contribution in [-0.2, 0) is 6.54 Å². The maximum atomic E-state index is 11.8. The molecule has 23 heavy (non-hydrogen) atoms. The molecule has 114 valence electrons. The lowest BCUT2D eigenvalue weighted by Crippen LogP contribution is -2.07. The van der Waals surface area contributed by atoms with E-state index in [0.29, 0.717) is 23.3 Å². The van der Waals surface area contributed by atoms with Crippen molar-refractivity contribution in [3.05, 3.63) is 69.1 Å². The summed E-state index contributed by atoms with van der Waals surface area (Å²) in [7, 11) is 0. The first-order valence-corrected chi connectivity index (χ1v) is 8.11. The minimum Gasteiger partial charge on any atom is -0.419 e. The first-order valence-electron chi connectivity index (χ1n) is 6.86. The van der Waals surface area contributed by atoms with E-state index >= 15 is 0 Å². The summed E-state index contributed by atoms with van der Waals surface area (Å²) in [6.45, 7) is 0.411. The molecule has 3 heterocycles. The number of nitrogens with zero attached hydrogens (tertiary/aromatic N) is 3. The van der Waals surface area contributed by atoms with Crippen molar-refractivity contribution < 1.29 is 4.42 Å². The van der Waals surface area contributed by atoms with Gasteiger partial charge in [0.25, 0.3) is 0 Å². The molecule has 0 unspecified atom stereocenters. The van der Waals surface area contributed by atoms with Crippen molar-refractivity contribution in [2.45, 2.75) is 6.54 Å². The molecule has 0 radical (unpaired) electrons. The highest BCUT2D eigenvalue weighted by Crippen LogP contribution is 2.22. The highest BCUT2D eigenvalue weighted by molar-refractivity contribution is 7.17. The summed E-state index contributed by atoms with van der Waals surface area (Å²) in [5.74, 6) is 0.922. The highest BCUT2D eigenvalue weighted by Gasteiger charge is 2.11. The molecule has 0 aliphatic rings. The van der Waals surface area contributed by atoms with Crippen LogP contribution in [0, 0.1) is 0 Å². The Bertz CT molecular complexity index is 1030. The van der Waals surface area contributed by atoms with Gasteiger partial charge in [0.05, 0.1) is 10.2 Å². The Labute approximate surface area is 139 Å². The number of pyridine rings is 1. The molecule has 0 N–H and O–H groups in total. The Balaban J connectivity index is 1.67. The van der Waals surface area contributed by atoms with Gasteiger partial charge in [0.15, 0.2) is 5.43 Å². The smallest absolute Gasteiger partial charge is 0.247 e. The molecule has 4 aromatic rings. The third-order valence-corrected chi connectivity index (χ3v) is 4.62. The van der Waals surface area contributed by atoms with E-state index in [-0.39, 0.29) is 5.43 Å². The van der Waals surface area contributed by atoms with Gasteiger partial charge in [-0.2, -0.15) is 0 Å². The number of fused-ring (bicyclic) bond motifs is 1. The van der Waals surface area contributed by atoms with Crippen molar-refractivity contribution in [3.63, 3.8) is 0 Å². The summed E-state index contributed by atoms with van der Waals surface area (Å²) in [4.78, 5) is 11.8. The monoisotopic (exact) mass is 343 g/mol. The van der Waals surface area contributed by atoms with Crippen LogP contribution in [0.5, 0.6) is 0 Å². The minimum atomic E-state index is 0.0265. The quantitative estimate of drug-likeness (QED) is 0.567. The SMILES string of the molecule is O=c1ccn(Cc2nnc(-c3ccc(Cl)cc3)o2)c2ccsc12. The predicted molar refractivity (Wildman–Crippen MR) is 89.9 cm³/mol. The van der Waals surface area contributed by atoms with Crippen molar-refractivity contribution >= 4 is 33.2 Å². The number of thiophene rings is 1. The number of rotatable bonds is 3. The van der Waals surface area contributed by atoms with Crippen LogP contribution in [0.2, 0.25) is 5.02 Å². The Morgan fingerprint density at radius 3 is 2.78 bits per heavy atom. The van der Waals surface area contributed by atoms with E-state index in [1.807, 2.05) is 28.1 Å².